The Morgan fingerprint density at radius 1 is 0.971 bits per heavy atom. The van der Waals surface area contributed by atoms with E-state index in [-0.39, 0.29) is 24.5 Å². The van der Waals surface area contributed by atoms with Crippen LogP contribution in [0.25, 0.3) is 0 Å². The van der Waals surface area contributed by atoms with Crippen molar-refractivity contribution in [2.75, 3.05) is 39.7 Å². The second-order valence-corrected chi connectivity index (χ2v) is 8.34. The molecule has 8 heteroatoms. The molecule has 3 aromatic carbocycles. The topological polar surface area (TPSA) is 81.1 Å². The molecule has 0 heterocycles. The van der Waals surface area contributed by atoms with E-state index in [0.717, 1.165) is 5.56 Å². The Balaban J connectivity index is 1.60. The van der Waals surface area contributed by atoms with Crippen LogP contribution in [-0.2, 0) is 4.79 Å². The fourth-order valence-corrected chi connectivity index (χ4v) is 3.75. The molecule has 178 valence electrons. The number of quaternary nitrogens is 1. The summed E-state index contributed by atoms with van der Waals surface area (Å²) in [7, 11) is 5.62. The van der Waals surface area contributed by atoms with Crippen molar-refractivity contribution in [3.05, 3.63) is 88.9 Å². The van der Waals surface area contributed by atoms with Crippen molar-refractivity contribution < 1.29 is 24.0 Å². The molecule has 0 aromatic heterocycles. The van der Waals surface area contributed by atoms with Crippen molar-refractivity contribution in [2.45, 2.75) is 6.04 Å². The average molecular weight is 483 g/mol. The fraction of sp³-hybridized carbons (Fsp3) is 0.231. The summed E-state index contributed by atoms with van der Waals surface area (Å²) in [4.78, 5) is 26.5. The summed E-state index contributed by atoms with van der Waals surface area (Å²) in [5.74, 6) is 0.203. The van der Waals surface area contributed by atoms with E-state index in [4.69, 9.17) is 21.1 Å². The zero-order chi connectivity index (χ0) is 24.5. The largest absolute Gasteiger partial charge is 0.495 e. The first-order valence-electron chi connectivity index (χ1n) is 10.9. The summed E-state index contributed by atoms with van der Waals surface area (Å²) in [6, 6.07) is 21.9. The molecule has 0 aliphatic heterocycles. The Labute approximate surface area is 204 Å². The highest BCUT2D eigenvalue weighted by molar-refractivity contribution is 6.32. The summed E-state index contributed by atoms with van der Waals surface area (Å²) < 4.78 is 10.8. The lowest BCUT2D eigenvalue weighted by Gasteiger charge is -2.22. The lowest BCUT2D eigenvalue weighted by molar-refractivity contribution is -0.890. The molecular weight excluding hydrogens is 454 g/mol. The molecule has 2 amide bonds. The van der Waals surface area contributed by atoms with Gasteiger partial charge in [-0.1, -0.05) is 54.1 Å². The van der Waals surface area contributed by atoms with Crippen molar-refractivity contribution in [3.8, 4) is 11.5 Å². The Morgan fingerprint density at radius 2 is 1.68 bits per heavy atom. The summed E-state index contributed by atoms with van der Waals surface area (Å²) in [5, 5.41) is 6.10. The van der Waals surface area contributed by atoms with Gasteiger partial charge in [0.05, 0.1) is 38.3 Å². The molecular formula is C26H29ClN3O4+. The number of amides is 2. The van der Waals surface area contributed by atoms with Crippen LogP contribution >= 0.6 is 11.6 Å². The molecule has 0 unspecified atom stereocenters. The zero-order valence-corrected chi connectivity index (χ0v) is 20.2. The fourth-order valence-electron chi connectivity index (χ4n) is 3.50. The van der Waals surface area contributed by atoms with Crippen LogP contribution in [0.5, 0.6) is 11.5 Å². The number of anilines is 1. The Kier molecular flexibility index (Phi) is 8.90. The van der Waals surface area contributed by atoms with Crippen molar-refractivity contribution in [3.63, 3.8) is 0 Å². The van der Waals surface area contributed by atoms with Crippen molar-refractivity contribution in [2.24, 2.45) is 0 Å². The first-order chi connectivity index (χ1) is 16.4. The van der Waals surface area contributed by atoms with Crippen molar-refractivity contribution in [1.82, 2.24) is 5.32 Å². The molecule has 0 saturated heterocycles. The van der Waals surface area contributed by atoms with Gasteiger partial charge in [0.1, 0.15) is 17.5 Å². The van der Waals surface area contributed by atoms with Crippen LogP contribution in [0.15, 0.2) is 72.8 Å². The van der Waals surface area contributed by atoms with E-state index >= 15 is 0 Å². The average Bonchev–Trinajstić information content (AvgIpc) is 2.83. The Hall–Kier alpha value is -3.55. The number of rotatable bonds is 10. The smallest absolute Gasteiger partial charge is 0.262 e. The maximum Gasteiger partial charge on any atom is 0.262 e. The molecule has 3 rings (SSSR count). The number of halogens is 1. The number of para-hydroxylation sites is 1. The zero-order valence-electron chi connectivity index (χ0n) is 19.4. The van der Waals surface area contributed by atoms with Gasteiger partial charge in [0.25, 0.3) is 11.8 Å². The van der Waals surface area contributed by atoms with Crippen LogP contribution in [-0.4, -0.2) is 46.2 Å². The molecule has 0 aliphatic carbocycles. The standard InChI is InChI=1S/C26H28ClN3O4/c1-30(2)22(18-9-5-4-6-10-18)16-28-26(32)20-11-7-8-12-23(20)34-17-25(31)29-19-13-14-24(33-3)21(27)15-19/h4-15,22H,16-17H2,1-3H3,(H,28,32)(H,29,31)/p+1/t22-/m0/s1. The Morgan fingerprint density at radius 3 is 2.35 bits per heavy atom. The summed E-state index contributed by atoms with van der Waals surface area (Å²) >= 11 is 6.10. The number of carbonyl (C=O) groups excluding carboxylic acids is 2. The molecule has 34 heavy (non-hydrogen) atoms. The van der Waals surface area contributed by atoms with Gasteiger partial charge in [-0.15, -0.1) is 0 Å². The Bertz CT molecular complexity index is 1120. The first kappa shape index (κ1) is 25.1. The predicted molar refractivity (Wildman–Crippen MR) is 133 cm³/mol. The predicted octanol–water partition coefficient (Wildman–Crippen LogP) is 2.98. The van der Waals surface area contributed by atoms with Crippen molar-refractivity contribution in [1.29, 1.82) is 0 Å². The third-order valence-electron chi connectivity index (χ3n) is 5.29. The van der Waals surface area contributed by atoms with Gasteiger partial charge in [0.15, 0.2) is 6.61 Å². The van der Waals surface area contributed by atoms with E-state index in [9.17, 15) is 9.59 Å². The van der Waals surface area contributed by atoms with E-state index in [1.54, 1.807) is 42.5 Å². The minimum absolute atomic E-state index is 0.0975. The van der Waals surface area contributed by atoms with Crippen molar-refractivity contribution >= 4 is 29.1 Å². The highest BCUT2D eigenvalue weighted by atomic mass is 35.5. The van der Waals surface area contributed by atoms with Gasteiger partial charge in [-0.3, -0.25) is 9.59 Å². The number of nitrogens with one attached hydrogen (secondary N) is 3. The van der Waals surface area contributed by atoms with Gasteiger partial charge in [0.2, 0.25) is 0 Å². The van der Waals surface area contributed by atoms with E-state index < -0.39 is 0 Å². The summed E-state index contributed by atoms with van der Waals surface area (Å²) in [6.07, 6.45) is 0. The quantitative estimate of drug-likeness (QED) is 0.415. The highest BCUT2D eigenvalue weighted by Crippen LogP contribution is 2.27. The normalized spacial score (nSPS) is 11.6. The van der Waals surface area contributed by atoms with E-state index in [0.29, 0.717) is 34.3 Å². The van der Waals surface area contributed by atoms with Gasteiger partial charge in [0, 0.05) is 11.3 Å². The number of ether oxygens (including phenoxy) is 2. The molecule has 0 saturated carbocycles. The maximum atomic E-state index is 12.9. The molecule has 1 atom stereocenters. The number of hydrogen-bond acceptors (Lipinski definition) is 4. The third kappa shape index (κ3) is 6.73. The van der Waals surface area contributed by atoms with Gasteiger partial charge in [-0.2, -0.15) is 0 Å². The van der Waals surface area contributed by atoms with Gasteiger partial charge in [-0.25, -0.2) is 0 Å². The minimum Gasteiger partial charge on any atom is -0.495 e. The SMILES string of the molecule is COc1ccc(NC(=O)COc2ccccc2C(=O)NC[C@@H](c2ccccc2)[NH+](C)C)cc1Cl. The third-order valence-corrected chi connectivity index (χ3v) is 5.59. The van der Waals surface area contributed by atoms with Crippen LogP contribution in [0.2, 0.25) is 5.02 Å². The van der Waals surface area contributed by atoms with Crippen LogP contribution < -0.4 is 25.0 Å². The number of methoxy groups -OCH3 is 1. The molecule has 0 aliphatic rings. The summed E-state index contributed by atoms with van der Waals surface area (Å²) in [6.45, 7) is 0.195. The van der Waals surface area contributed by atoms with Gasteiger partial charge in [-0.05, 0) is 30.3 Å². The molecule has 7 nitrogen and oxygen atoms in total. The summed E-state index contributed by atoms with van der Waals surface area (Å²) in [5.41, 5.74) is 2.02. The molecule has 3 N–H and O–H groups in total. The van der Waals surface area contributed by atoms with Crippen LogP contribution in [0, 0.1) is 0 Å². The number of carbonyl (C=O) groups is 2. The van der Waals surface area contributed by atoms with E-state index in [1.165, 1.54) is 12.0 Å². The van der Waals surface area contributed by atoms with Crippen LogP contribution in [0.1, 0.15) is 22.0 Å². The lowest BCUT2D eigenvalue weighted by Crippen LogP contribution is -3.07. The molecule has 0 radical (unpaired) electrons. The van der Waals surface area contributed by atoms with Gasteiger partial charge >= 0.3 is 0 Å². The first-order valence-corrected chi connectivity index (χ1v) is 11.2. The second-order valence-electron chi connectivity index (χ2n) is 7.93. The molecule has 0 bridgehead atoms. The number of likely N-dealkylation sites (N-methyl/N-ethyl adjacent to an activating group) is 1. The minimum atomic E-state index is -0.378. The van der Waals surface area contributed by atoms with E-state index in [2.05, 4.69) is 36.9 Å². The second kappa shape index (κ2) is 12.1. The van der Waals surface area contributed by atoms with Crippen LogP contribution in [0.3, 0.4) is 0 Å². The van der Waals surface area contributed by atoms with Gasteiger partial charge < -0.3 is 25.0 Å². The lowest BCUT2D eigenvalue weighted by atomic mass is 10.1. The molecule has 0 spiro atoms. The number of hydrogen-bond donors (Lipinski definition) is 3. The highest BCUT2D eigenvalue weighted by Gasteiger charge is 2.20. The van der Waals surface area contributed by atoms with E-state index in [1.807, 2.05) is 18.2 Å². The molecule has 0 fully saturated rings. The van der Waals surface area contributed by atoms with Crippen LogP contribution in [0.4, 0.5) is 5.69 Å². The molecule has 3 aromatic rings. The monoisotopic (exact) mass is 482 g/mol. The number of benzene rings is 3. The maximum absolute atomic E-state index is 12.9.